The van der Waals surface area contributed by atoms with Crippen LogP contribution in [-0.4, -0.2) is 13.2 Å². The predicted molar refractivity (Wildman–Crippen MR) is 120 cm³/mol. The maximum Gasteiger partial charge on any atom is 0.132 e. The summed E-state index contributed by atoms with van der Waals surface area (Å²) < 4.78 is 14.2. The van der Waals surface area contributed by atoms with Crippen molar-refractivity contribution in [3.8, 4) is 0 Å². The van der Waals surface area contributed by atoms with Gasteiger partial charge in [0.2, 0.25) is 0 Å². The number of hydrogen-bond donors (Lipinski definition) is 1. The second-order valence-corrected chi connectivity index (χ2v) is 7.19. The van der Waals surface area contributed by atoms with Crippen LogP contribution in [0.4, 0.5) is 10.1 Å². The van der Waals surface area contributed by atoms with E-state index in [2.05, 4.69) is 31.8 Å². The molecule has 0 fully saturated rings. The molecule has 0 spiro atoms. The Balaban J connectivity index is 2.16. The van der Waals surface area contributed by atoms with E-state index in [0.717, 1.165) is 28.0 Å². The number of hydrogen-bond acceptors (Lipinski definition) is 3. The molecule has 3 nitrogen and oxygen atoms in total. The lowest BCUT2D eigenvalue weighted by molar-refractivity contribution is -0.284. The van der Waals surface area contributed by atoms with E-state index in [0.29, 0.717) is 24.5 Å². The summed E-state index contributed by atoms with van der Waals surface area (Å²) in [4.78, 5) is 10.1. The number of rotatable bonds is 9. The number of aryl methyl sites for hydroxylation is 1. The molecule has 0 aliphatic heterocycles. The Bertz CT molecular complexity index is 887. The van der Waals surface area contributed by atoms with E-state index in [-0.39, 0.29) is 5.82 Å². The van der Waals surface area contributed by atoms with Crippen molar-refractivity contribution in [2.45, 2.75) is 34.6 Å². The summed E-state index contributed by atoms with van der Waals surface area (Å²) in [5.74, 6) is -0.277. The Labute approximate surface area is 173 Å². The Morgan fingerprint density at radius 1 is 1.07 bits per heavy atom. The molecular formula is C25H30FNO2. The molecule has 0 aliphatic rings. The number of allylic oxidation sites excluding steroid dienone is 3. The molecule has 0 saturated heterocycles. The average Bonchev–Trinajstić information content (AvgIpc) is 2.67. The minimum absolute atomic E-state index is 0.277. The van der Waals surface area contributed by atoms with Gasteiger partial charge < -0.3 is 5.32 Å². The second-order valence-electron chi connectivity index (χ2n) is 7.19. The highest BCUT2D eigenvalue weighted by Gasteiger charge is 2.10. The van der Waals surface area contributed by atoms with Crippen LogP contribution in [0.15, 0.2) is 66.3 Å². The first kappa shape index (κ1) is 22.6. The van der Waals surface area contributed by atoms with Gasteiger partial charge in [0.1, 0.15) is 12.4 Å². The van der Waals surface area contributed by atoms with E-state index < -0.39 is 0 Å². The zero-order valence-electron chi connectivity index (χ0n) is 17.9. The summed E-state index contributed by atoms with van der Waals surface area (Å²) in [6, 6.07) is 13.0. The summed E-state index contributed by atoms with van der Waals surface area (Å²) in [6.45, 7) is 14.9. The fourth-order valence-corrected chi connectivity index (χ4v) is 3.01. The van der Waals surface area contributed by atoms with Crippen molar-refractivity contribution in [3.05, 3.63) is 88.8 Å². The van der Waals surface area contributed by atoms with Crippen molar-refractivity contribution >= 4 is 17.0 Å². The quantitative estimate of drug-likeness (QED) is 0.216. The molecule has 2 aromatic rings. The first-order valence-electron chi connectivity index (χ1n) is 9.74. The smallest absolute Gasteiger partial charge is 0.132 e. The molecule has 154 valence electrons. The van der Waals surface area contributed by atoms with Crippen LogP contribution in [0.25, 0.3) is 11.3 Å². The lowest BCUT2D eigenvalue weighted by Gasteiger charge is -2.14. The first-order valence-corrected chi connectivity index (χ1v) is 9.74. The Hall–Kier alpha value is -2.69. The highest BCUT2D eigenvalue weighted by Crippen LogP contribution is 2.26. The topological polar surface area (TPSA) is 30.5 Å². The van der Waals surface area contributed by atoms with Crippen LogP contribution < -0.4 is 5.32 Å². The fourth-order valence-electron chi connectivity index (χ4n) is 3.01. The lowest BCUT2D eigenvalue weighted by Crippen LogP contribution is -2.02. The van der Waals surface area contributed by atoms with Crippen molar-refractivity contribution in [1.29, 1.82) is 0 Å². The zero-order valence-corrected chi connectivity index (χ0v) is 17.9. The van der Waals surface area contributed by atoms with Gasteiger partial charge >= 0.3 is 0 Å². The fraction of sp³-hybridized carbons (Fsp3) is 0.280. The van der Waals surface area contributed by atoms with Gasteiger partial charge in [0.15, 0.2) is 0 Å². The van der Waals surface area contributed by atoms with E-state index in [1.807, 2.05) is 51.1 Å². The Morgan fingerprint density at radius 3 is 2.34 bits per heavy atom. The Morgan fingerprint density at radius 2 is 1.76 bits per heavy atom. The van der Waals surface area contributed by atoms with Crippen LogP contribution in [0, 0.1) is 12.7 Å². The molecule has 0 saturated carbocycles. The third-order valence-corrected chi connectivity index (χ3v) is 4.43. The summed E-state index contributed by atoms with van der Waals surface area (Å²) in [5.41, 5.74) is 7.26. The van der Waals surface area contributed by atoms with Gasteiger partial charge in [-0.15, -0.1) is 0 Å². The number of nitrogens with one attached hydrogen (secondary N) is 1. The molecule has 0 atom stereocenters. The number of halogens is 1. The largest absolute Gasteiger partial charge is 0.355 e. The monoisotopic (exact) mass is 395 g/mol. The molecule has 0 aromatic heterocycles. The molecule has 0 aliphatic carbocycles. The maximum atomic E-state index is 14.2. The minimum Gasteiger partial charge on any atom is -0.355 e. The maximum absolute atomic E-state index is 14.2. The van der Waals surface area contributed by atoms with Gasteiger partial charge in [0.05, 0.1) is 6.61 Å². The lowest BCUT2D eigenvalue weighted by atomic mass is 9.99. The van der Waals surface area contributed by atoms with Crippen LogP contribution in [0.2, 0.25) is 0 Å². The van der Waals surface area contributed by atoms with Crippen LogP contribution in [0.5, 0.6) is 0 Å². The second kappa shape index (κ2) is 10.7. The third-order valence-electron chi connectivity index (χ3n) is 4.43. The summed E-state index contributed by atoms with van der Waals surface area (Å²) in [5, 5.41) is 3.21. The van der Waals surface area contributed by atoms with Crippen molar-refractivity contribution in [1.82, 2.24) is 0 Å². The van der Waals surface area contributed by atoms with Crippen molar-refractivity contribution < 1.29 is 14.2 Å². The normalized spacial score (nSPS) is 11.3. The zero-order chi connectivity index (χ0) is 21.4. The van der Waals surface area contributed by atoms with Crippen molar-refractivity contribution in [3.63, 3.8) is 0 Å². The van der Waals surface area contributed by atoms with E-state index >= 15 is 0 Å². The Kier molecular flexibility index (Phi) is 8.37. The predicted octanol–water partition coefficient (Wildman–Crippen LogP) is 6.92. The number of benzene rings is 2. The summed E-state index contributed by atoms with van der Waals surface area (Å²) >= 11 is 0. The molecule has 29 heavy (non-hydrogen) atoms. The van der Waals surface area contributed by atoms with Gasteiger partial charge in [0.25, 0.3) is 0 Å². The van der Waals surface area contributed by atoms with Crippen LogP contribution in [0.1, 0.15) is 44.4 Å². The van der Waals surface area contributed by atoms with Crippen molar-refractivity contribution in [2.24, 2.45) is 0 Å². The van der Waals surface area contributed by atoms with Gasteiger partial charge in [-0.3, -0.25) is 0 Å². The van der Waals surface area contributed by atoms with Crippen LogP contribution >= 0.6 is 0 Å². The highest BCUT2D eigenvalue weighted by atomic mass is 19.1. The van der Waals surface area contributed by atoms with E-state index in [1.165, 1.54) is 11.6 Å². The summed E-state index contributed by atoms with van der Waals surface area (Å²) in [6.07, 6.45) is 2.11. The standard InChI is InChI=1S/C25H30FNO2/c1-7-28-29-16-18(4)15-23(17(2)3)21-11-13-22(14-12-21)27-20(6)25-19(5)9-8-10-24(25)26/h8-15,27H,6-7,16H2,1-5H3/b18-15+. The molecule has 0 heterocycles. The van der Waals surface area contributed by atoms with Gasteiger partial charge in [0, 0.05) is 16.9 Å². The van der Waals surface area contributed by atoms with E-state index in [4.69, 9.17) is 9.78 Å². The first-order chi connectivity index (χ1) is 13.8. The van der Waals surface area contributed by atoms with Crippen molar-refractivity contribution in [2.75, 3.05) is 18.5 Å². The molecule has 0 bridgehead atoms. The molecule has 4 heteroatoms. The van der Waals surface area contributed by atoms with Gasteiger partial charge in [-0.1, -0.05) is 42.5 Å². The van der Waals surface area contributed by atoms with Gasteiger partial charge in [-0.05, 0) is 75.1 Å². The SMILES string of the molecule is C=C(Nc1ccc(C(/C=C(\C)COOCC)=C(C)C)cc1)c1c(C)cccc1F. The molecule has 0 amide bonds. The third kappa shape index (κ3) is 6.41. The van der Waals surface area contributed by atoms with E-state index in [9.17, 15) is 4.39 Å². The molecular weight excluding hydrogens is 365 g/mol. The molecule has 0 radical (unpaired) electrons. The minimum atomic E-state index is -0.277. The average molecular weight is 396 g/mol. The highest BCUT2D eigenvalue weighted by molar-refractivity contribution is 5.80. The molecule has 0 unspecified atom stereocenters. The number of anilines is 1. The van der Waals surface area contributed by atoms with E-state index in [1.54, 1.807) is 6.07 Å². The van der Waals surface area contributed by atoms with Gasteiger partial charge in [-0.2, -0.15) is 0 Å². The van der Waals surface area contributed by atoms with Gasteiger partial charge in [-0.25, -0.2) is 14.2 Å². The molecule has 2 rings (SSSR count). The van der Waals surface area contributed by atoms with Crippen LogP contribution in [-0.2, 0) is 9.78 Å². The van der Waals surface area contributed by atoms with Crippen LogP contribution in [0.3, 0.4) is 0 Å². The molecule has 2 aromatic carbocycles. The molecule has 1 N–H and O–H groups in total. The summed E-state index contributed by atoms with van der Waals surface area (Å²) in [7, 11) is 0.